The molecule has 0 fully saturated rings. The third-order valence-corrected chi connectivity index (χ3v) is 2.87. The molecule has 0 aliphatic rings. The van der Waals surface area contributed by atoms with Crippen LogP contribution in [-0.4, -0.2) is 16.2 Å². The Kier molecular flexibility index (Phi) is 3.69. The Balaban J connectivity index is 2.46. The molecule has 4 heteroatoms. The topological polar surface area (TPSA) is 53.1 Å². The smallest absolute Gasteiger partial charge is 0.201 e. The first-order chi connectivity index (χ1) is 8.92. The average Bonchev–Trinajstić information content (AvgIpc) is 2.62. The molecule has 0 atom stereocenters. The number of nitrogen functional groups attached to an aromatic ring is 1. The molecule has 1 aromatic carbocycles. The first kappa shape index (κ1) is 13.7. The number of nitrogens with zero attached hydrogens (tertiary/aromatic N) is 2. The standard InChI is InChI=1S/C15H23N3O/c1-5-9-19-12-8-6-7-11-13(12)17-14(16)18(11)10-15(2,3)4/h6-8H,5,9-10H2,1-4H3,(H2,16,17). The first-order valence-electron chi connectivity index (χ1n) is 6.80. The molecule has 2 rings (SSSR count). The van der Waals surface area contributed by atoms with E-state index in [1.54, 1.807) is 0 Å². The summed E-state index contributed by atoms with van der Waals surface area (Å²) in [5.41, 5.74) is 8.11. The fourth-order valence-electron chi connectivity index (χ4n) is 2.11. The Bertz CT molecular complexity index is 567. The molecule has 4 nitrogen and oxygen atoms in total. The lowest BCUT2D eigenvalue weighted by atomic mass is 9.97. The van der Waals surface area contributed by atoms with Gasteiger partial charge in [-0.25, -0.2) is 4.98 Å². The summed E-state index contributed by atoms with van der Waals surface area (Å²) < 4.78 is 7.80. The summed E-state index contributed by atoms with van der Waals surface area (Å²) in [5.74, 6) is 1.37. The van der Waals surface area contributed by atoms with Crippen LogP contribution in [0, 0.1) is 5.41 Å². The normalized spacial score (nSPS) is 12.0. The number of anilines is 1. The van der Waals surface area contributed by atoms with Crippen molar-refractivity contribution in [3.8, 4) is 5.75 Å². The van der Waals surface area contributed by atoms with E-state index in [0.29, 0.717) is 12.6 Å². The van der Waals surface area contributed by atoms with E-state index in [-0.39, 0.29) is 5.41 Å². The van der Waals surface area contributed by atoms with Gasteiger partial charge in [-0.05, 0) is 24.0 Å². The number of aromatic nitrogens is 2. The molecule has 0 aliphatic carbocycles. The molecular weight excluding hydrogens is 238 g/mol. The zero-order valence-electron chi connectivity index (χ0n) is 12.2. The molecule has 0 saturated heterocycles. The molecule has 2 N–H and O–H groups in total. The van der Waals surface area contributed by atoms with Gasteiger partial charge in [-0.3, -0.25) is 0 Å². The van der Waals surface area contributed by atoms with Gasteiger partial charge in [0.25, 0.3) is 0 Å². The molecule has 0 aliphatic heterocycles. The first-order valence-corrected chi connectivity index (χ1v) is 6.80. The van der Waals surface area contributed by atoms with Crippen LogP contribution in [0.4, 0.5) is 5.95 Å². The van der Waals surface area contributed by atoms with Crippen molar-refractivity contribution in [2.45, 2.75) is 40.7 Å². The van der Waals surface area contributed by atoms with Crippen LogP contribution < -0.4 is 10.5 Å². The number of rotatable bonds is 4. The Labute approximate surface area is 114 Å². The monoisotopic (exact) mass is 261 g/mol. The summed E-state index contributed by atoms with van der Waals surface area (Å²) in [7, 11) is 0. The van der Waals surface area contributed by atoms with Crippen LogP contribution >= 0.6 is 0 Å². The molecule has 0 bridgehead atoms. The maximum atomic E-state index is 6.05. The number of ether oxygens (including phenoxy) is 1. The lowest BCUT2D eigenvalue weighted by Gasteiger charge is -2.20. The molecule has 0 unspecified atom stereocenters. The van der Waals surface area contributed by atoms with E-state index in [9.17, 15) is 0 Å². The number of nitrogens with two attached hydrogens (primary N) is 1. The van der Waals surface area contributed by atoms with E-state index in [4.69, 9.17) is 10.5 Å². The summed E-state index contributed by atoms with van der Waals surface area (Å²) in [6.07, 6.45) is 0.981. The number of hydrogen-bond donors (Lipinski definition) is 1. The molecule has 0 saturated carbocycles. The van der Waals surface area contributed by atoms with Crippen molar-refractivity contribution in [3.05, 3.63) is 18.2 Å². The van der Waals surface area contributed by atoms with Crippen molar-refractivity contribution >= 4 is 17.0 Å². The van der Waals surface area contributed by atoms with Crippen LogP contribution in [0.2, 0.25) is 0 Å². The quantitative estimate of drug-likeness (QED) is 0.917. The SMILES string of the molecule is CCCOc1cccc2c1nc(N)n2CC(C)(C)C. The predicted molar refractivity (Wildman–Crippen MR) is 79.4 cm³/mol. The van der Waals surface area contributed by atoms with Crippen LogP contribution in [0.25, 0.3) is 11.0 Å². The number of hydrogen-bond acceptors (Lipinski definition) is 3. The maximum absolute atomic E-state index is 6.05. The second kappa shape index (κ2) is 5.11. The van der Waals surface area contributed by atoms with Gasteiger partial charge in [-0.15, -0.1) is 0 Å². The van der Waals surface area contributed by atoms with Gasteiger partial charge in [0.15, 0.2) is 0 Å². The highest BCUT2D eigenvalue weighted by molar-refractivity contribution is 5.84. The largest absolute Gasteiger partial charge is 0.491 e. The molecule has 2 aromatic rings. The lowest BCUT2D eigenvalue weighted by molar-refractivity contribution is 0.320. The van der Waals surface area contributed by atoms with Crippen molar-refractivity contribution in [2.75, 3.05) is 12.3 Å². The van der Waals surface area contributed by atoms with E-state index in [0.717, 1.165) is 29.7 Å². The summed E-state index contributed by atoms with van der Waals surface area (Å²) in [5, 5.41) is 0. The van der Waals surface area contributed by atoms with Crippen molar-refractivity contribution < 1.29 is 4.74 Å². The Morgan fingerprint density at radius 2 is 2.05 bits per heavy atom. The van der Waals surface area contributed by atoms with Gasteiger partial charge >= 0.3 is 0 Å². The summed E-state index contributed by atoms with van der Waals surface area (Å²) in [6, 6.07) is 5.99. The van der Waals surface area contributed by atoms with E-state index >= 15 is 0 Å². The Hall–Kier alpha value is -1.71. The van der Waals surface area contributed by atoms with E-state index in [1.165, 1.54) is 0 Å². The van der Waals surface area contributed by atoms with Crippen molar-refractivity contribution in [2.24, 2.45) is 5.41 Å². The maximum Gasteiger partial charge on any atom is 0.201 e. The fraction of sp³-hybridized carbons (Fsp3) is 0.533. The molecule has 0 radical (unpaired) electrons. The van der Waals surface area contributed by atoms with Gasteiger partial charge in [-0.2, -0.15) is 0 Å². The molecule has 0 amide bonds. The van der Waals surface area contributed by atoms with E-state index in [1.807, 2.05) is 18.2 Å². The van der Waals surface area contributed by atoms with Crippen molar-refractivity contribution in [1.29, 1.82) is 0 Å². The minimum Gasteiger partial charge on any atom is -0.491 e. The molecule has 1 heterocycles. The molecular formula is C15H23N3O. The second-order valence-electron chi connectivity index (χ2n) is 6.09. The van der Waals surface area contributed by atoms with Crippen LogP contribution in [0.15, 0.2) is 18.2 Å². The fourth-order valence-corrected chi connectivity index (χ4v) is 2.11. The molecule has 104 valence electrons. The van der Waals surface area contributed by atoms with Crippen molar-refractivity contribution in [3.63, 3.8) is 0 Å². The van der Waals surface area contributed by atoms with Gasteiger partial charge in [0.1, 0.15) is 11.3 Å². The van der Waals surface area contributed by atoms with Crippen molar-refractivity contribution in [1.82, 2.24) is 9.55 Å². The van der Waals surface area contributed by atoms with E-state index in [2.05, 4.69) is 37.2 Å². The zero-order valence-corrected chi connectivity index (χ0v) is 12.2. The highest BCUT2D eigenvalue weighted by Gasteiger charge is 2.17. The van der Waals surface area contributed by atoms with Gasteiger partial charge in [0.2, 0.25) is 5.95 Å². The summed E-state index contributed by atoms with van der Waals surface area (Å²) in [4.78, 5) is 4.47. The highest BCUT2D eigenvalue weighted by Crippen LogP contribution is 2.29. The predicted octanol–water partition coefficient (Wildman–Crippen LogP) is 3.45. The average molecular weight is 261 g/mol. The molecule has 1 aromatic heterocycles. The third kappa shape index (κ3) is 3.00. The highest BCUT2D eigenvalue weighted by atomic mass is 16.5. The molecule has 0 spiro atoms. The molecule has 19 heavy (non-hydrogen) atoms. The zero-order chi connectivity index (χ0) is 14.0. The van der Waals surface area contributed by atoms with Gasteiger partial charge < -0.3 is 15.0 Å². The van der Waals surface area contributed by atoms with Crippen LogP contribution in [0.5, 0.6) is 5.75 Å². The van der Waals surface area contributed by atoms with E-state index < -0.39 is 0 Å². The summed E-state index contributed by atoms with van der Waals surface area (Å²) in [6.45, 7) is 10.2. The summed E-state index contributed by atoms with van der Waals surface area (Å²) >= 11 is 0. The number of benzene rings is 1. The number of imidazole rings is 1. The lowest BCUT2D eigenvalue weighted by Crippen LogP contribution is -2.17. The Morgan fingerprint density at radius 1 is 1.32 bits per heavy atom. The second-order valence-corrected chi connectivity index (χ2v) is 6.09. The Morgan fingerprint density at radius 3 is 2.68 bits per heavy atom. The van der Waals surface area contributed by atoms with Crippen LogP contribution in [0.3, 0.4) is 0 Å². The number of fused-ring (bicyclic) bond motifs is 1. The van der Waals surface area contributed by atoms with Gasteiger partial charge in [0, 0.05) is 6.54 Å². The van der Waals surface area contributed by atoms with Gasteiger partial charge in [0.05, 0.1) is 12.1 Å². The third-order valence-electron chi connectivity index (χ3n) is 2.87. The van der Waals surface area contributed by atoms with Gasteiger partial charge in [-0.1, -0.05) is 33.8 Å². The van der Waals surface area contributed by atoms with Crippen LogP contribution in [-0.2, 0) is 6.54 Å². The number of para-hydroxylation sites is 1. The minimum absolute atomic E-state index is 0.155. The van der Waals surface area contributed by atoms with Crippen LogP contribution in [0.1, 0.15) is 34.1 Å². The minimum atomic E-state index is 0.155.